The van der Waals surface area contributed by atoms with Crippen molar-refractivity contribution in [3.05, 3.63) is 53.0 Å². The number of halogens is 1. The minimum Gasteiger partial charge on any atom is -0.493 e. The summed E-state index contributed by atoms with van der Waals surface area (Å²) < 4.78 is 6.51. The molecule has 1 N–H and O–H groups in total. The molecule has 0 fully saturated rings. The molecule has 1 aromatic heterocycles. The van der Waals surface area contributed by atoms with Gasteiger partial charge in [-0.25, -0.2) is 0 Å². The van der Waals surface area contributed by atoms with E-state index in [2.05, 4.69) is 25.9 Å². The minimum atomic E-state index is -0.647. The van der Waals surface area contributed by atoms with Crippen molar-refractivity contribution in [1.82, 2.24) is 9.97 Å². The van der Waals surface area contributed by atoms with E-state index in [-0.39, 0.29) is 0 Å². The first-order valence-corrected chi connectivity index (χ1v) is 6.37. The maximum absolute atomic E-state index is 9.86. The van der Waals surface area contributed by atoms with E-state index >= 15 is 0 Å². The monoisotopic (exact) mass is 308 g/mol. The van der Waals surface area contributed by atoms with Crippen LogP contribution < -0.4 is 4.74 Å². The van der Waals surface area contributed by atoms with Crippen molar-refractivity contribution < 1.29 is 9.84 Å². The number of aromatic nitrogens is 2. The summed E-state index contributed by atoms with van der Waals surface area (Å²) in [6.45, 7) is 0.425. The SMILES string of the molecule is OC(CCOc1cccc(Br)c1)c1cnccn1. The molecule has 0 radical (unpaired) electrons. The zero-order valence-corrected chi connectivity index (χ0v) is 11.2. The number of rotatable bonds is 5. The highest BCUT2D eigenvalue weighted by Crippen LogP contribution is 2.19. The van der Waals surface area contributed by atoms with E-state index in [9.17, 15) is 5.11 Å². The third-order valence-corrected chi connectivity index (χ3v) is 2.87. The minimum absolute atomic E-state index is 0.425. The van der Waals surface area contributed by atoms with Crippen LogP contribution in [0.5, 0.6) is 5.75 Å². The molecule has 0 spiro atoms. The fourth-order valence-electron chi connectivity index (χ4n) is 1.48. The first-order valence-electron chi connectivity index (χ1n) is 5.58. The van der Waals surface area contributed by atoms with Crippen LogP contribution in [0.1, 0.15) is 18.2 Å². The van der Waals surface area contributed by atoms with Gasteiger partial charge in [0.15, 0.2) is 0 Å². The number of nitrogens with zero attached hydrogens (tertiary/aromatic N) is 2. The van der Waals surface area contributed by atoms with Gasteiger partial charge in [-0.05, 0) is 18.2 Å². The number of aliphatic hydroxyl groups is 1. The Hall–Kier alpha value is -1.46. The van der Waals surface area contributed by atoms with E-state index in [0.717, 1.165) is 10.2 Å². The summed E-state index contributed by atoms with van der Waals surface area (Å²) in [6.07, 6.45) is 4.53. The molecule has 0 aliphatic heterocycles. The molecule has 2 rings (SSSR count). The van der Waals surface area contributed by atoms with Crippen molar-refractivity contribution in [2.24, 2.45) is 0 Å². The Morgan fingerprint density at radius 3 is 2.94 bits per heavy atom. The van der Waals surface area contributed by atoms with E-state index in [1.165, 1.54) is 0 Å². The van der Waals surface area contributed by atoms with Crippen molar-refractivity contribution in [3.63, 3.8) is 0 Å². The molecule has 0 aliphatic rings. The lowest BCUT2D eigenvalue weighted by molar-refractivity contribution is 0.136. The highest BCUT2D eigenvalue weighted by Gasteiger charge is 2.08. The number of ether oxygens (including phenoxy) is 1. The van der Waals surface area contributed by atoms with Crippen LogP contribution in [0.15, 0.2) is 47.3 Å². The molecule has 0 aliphatic carbocycles. The predicted molar refractivity (Wildman–Crippen MR) is 71.2 cm³/mol. The third-order valence-electron chi connectivity index (χ3n) is 2.38. The van der Waals surface area contributed by atoms with Crippen LogP contribution in [0.2, 0.25) is 0 Å². The van der Waals surface area contributed by atoms with Gasteiger partial charge in [0, 0.05) is 23.3 Å². The maximum Gasteiger partial charge on any atom is 0.120 e. The summed E-state index contributed by atoms with van der Waals surface area (Å²) in [5.74, 6) is 0.774. The van der Waals surface area contributed by atoms with Crippen LogP contribution in [-0.4, -0.2) is 21.7 Å². The van der Waals surface area contributed by atoms with E-state index in [1.807, 2.05) is 24.3 Å². The lowest BCUT2D eigenvalue weighted by Crippen LogP contribution is -2.07. The molecule has 2 aromatic rings. The van der Waals surface area contributed by atoms with Crippen LogP contribution >= 0.6 is 15.9 Å². The Labute approximate surface area is 114 Å². The van der Waals surface area contributed by atoms with Gasteiger partial charge in [0.25, 0.3) is 0 Å². The van der Waals surface area contributed by atoms with Gasteiger partial charge in [0.1, 0.15) is 11.9 Å². The molecule has 0 saturated carbocycles. The zero-order chi connectivity index (χ0) is 12.8. The highest BCUT2D eigenvalue weighted by atomic mass is 79.9. The fourth-order valence-corrected chi connectivity index (χ4v) is 1.85. The Kier molecular flexibility index (Phi) is 4.66. The van der Waals surface area contributed by atoms with Gasteiger partial charge in [-0.15, -0.1) is 0 Å². The first-order chi connectivity index (χ1) is 8.75. The van der Waals surface area contributed by atoms with Crippen molar-refractivity contribution >= 4 is 15.9 Å². The molecular formula is C13H13BrN2O2. The van der Waals surface area contributed by atoms with Crippen LogP contribution in [0.3, 0.4) is 0 Å². The number of aliphatic hydroxyl groups excluding tert-OH is 1. The molecule has 1 aromatic carbocycles. The van der Waals surface area contributed by atoms with Gasteiger partial charge < -0.3 is 9.84 Å². The second-order valence-corrected chi connectivity index (χ2v) is 4.66. The second-order valence-electron chi connectivity index (χ2n) is 3.74. The highest BCUT2D eigenvalue weighted by molar-refractivity contribution is 9.10. The summed E-state index contributed by atoms with van der Waals surface area (Å²) in [5.41, 5.74) is 0.565. The summed E-state index contributed by atoms with van der Waals surface area (Å²) in [6, 6.07) is 7.59. The smallest absolute Gasteiger partial charge is 0.120 e. The Morgan fingerprint density at radius 1 is 1.33 bits per heavy atom. The molecule has 4 nitrogen and oxygen atoms in total. The largest absolute Gasteiger partial charge is 0.493 e. The van der Waals surface area contributed by atoms with Crippen molar-refractivity contribution in [2.75, 3.05) is 6.61 Å². The van der Waals surface area contributed by atoms with Crippen molar-refractivity contribution in [3.8, 4) is 5.75 Å². The van der Waals surface area contributed by atoms with E-state index < -0.39 is 6.10 Å². The summed E-state index contributed by atoms with van der Waals surface area (Å²) in [5, 5.41) is 9.86. The molecule has 0 bridgehead atoms. The zero-order valence-electron chi connectivity index (χ0n) is 9.66. The summed E-state index contributed by atoms with van der Waals surface area (Å²) in [4.78, 5) is 7.96. The van der Waals surface area contributed by atoms with Crippen molar-refractivity contribution in [2.45, 2.75) is 12.5 Å². The molecule has 1 unspecified atom stereocenters. The normalized spacial score (nSPS) is 12.1. The number of benzene rings is 1. The van der Waals surface area contributed by atoms with E-state index in [4.69, 9.17) is 4.74 Å². The van der Waals surface area contributed by atoms with Crippen LogP contribution in [0, 0.1) is 0 Å². The summed E-state index contributed by atoms with van der Waals surface area (Å²) in [7, 11) is 0. The molecule has 18 heavy (non-hydrogen) atoms. The predicted octanol–water partition coefficient (Wildman–Crippen LogP) is 2.74. The van der Waals surface area contributed by atoms with Gasteiger partial charge >= 0.3 is 0 Å². The van der Waals surface area contributed by atoms with Gasteiger partial charge in [-0.3, -0.25) is 9.97 Å². The van der Waals surface area contributed by atoms with E-state index in [0.29, 0.717) is 18.7 Å². The number of hydrogen-bond donors (Lipinski definition) is 1. The molecule has 0 saturated heterocycles. The van der Waals surface area contributed by atoms with Gasteiger partial charge in [-0.2, -0.15) is 0 Å². The molecule has 1 atom stereocenters. The maximum atomic E-state index is 9.86. The van der Waals surface area contributed by atoms with Gasteiger partial charge in [0.2, 0.25) is 0 Å². The molecule has 94 valence electrons. The quantitative estimate of drug-likeness (QED) is 0.923. The van der Waals surface area contributed by atoms with Gasteiger partial charge in [-0.1, -0.05) is 22.0 Å². The van der Waals surface area contributed by atoms with Crippen LogP contribution in [-0.2, 0) is 0 Å². The Balaban J connectivity index is 1.82. The number of hydrogen-bond acceptors (Lipinski definition) is 4. The fraction of sp³-hybridized carbons (Fsp3) is 0.231. The summed E-state index contributed by atoms with van der Waals surface area (Å²) >= 11 is 3.37. The Morgan fingerprint density at radius 2 is 2.22 bits per heavy atom. The average molecular weight is 309 g/mol. The molecule has 0 amide bonds. The molecule has 5 heteroatoms. The second kappa shape index (κ2) is 6.47. The first kappa shape index (κ1) is 13.0. The lowest BCUT2D eigenvalue weighted by Gasteiger charge is -2.10. The average Bonchev–Trinajstić information content (AvgIpc) is 2.40. The lowest BCUT2D eigenvalue weighted by atomic mass is 10.2. The Bertz CT molecular complexity index is 493. The van der Waals surface area contributed by atoms with E-state index in [1.54, 1.807) is 18.6 Å². The molecule has 1 heterocycles. The van der Waals surface area contributed by atoms with Crippen LogP contribution in [0.4, 0.5) is 0 Å². The van der Waals surface area contributed by atoms with Gasteiger partial charge in [0.05, 0.1) is 18.5 Å². The van der Waals surface area contributed by atoms with Crippen molar-refractivity contribution in [1.29, 1.82) is 0 Å². The molecular weight excluding hydrogens is 296 g/mol. The standard InChI is InChI=1S/C13H13BrN2O2/c14-10-2-1-3-11(8-10)18-7-4-13(17)12-9-15-5-6-16-12/h1-3,5-6,8-9,13,17H,4,7H2. The topological polar surface area (TPSA) is 55.2 Å². The van der Waals surface area contributed by atoms with Crippen LogP contribution in [0.25, 0.3) is 0 Å². The third kappa shape index (κ3) is 3.78.